The quantitative estimate of drug-likeness (QED) is 0.286. The summed E-state index contributed by atoms with van der Waals surface area (Å²) in [5, 5.41) is 13.6. The molecule has 0 aliphatic heterocycles. The number of H-pyrrole nitrogens is 1. The summed E-state index contributed by atoms with van der Waals surface area (Å²) in [5.74, 6) is -1.73. The number of Topliss-reactive ketones (excluding diaryl/α,β-unsaturated/α-hetero) is 1. The molecule has 2 amide bonds. The second-order valence-corrected chi connectivity index (χ2v) is 7.75. The van der Waals surface area contributed by atoms with E-state index in [9.17, 15) is 19.2 Å². The zero-order valence-electron chi connectivity index (χ0n) is 17.3. The van der Waals surface area contributed by atoms with Crippen molar-refractivity contribution >= 4 is 34.2 Å². The van der Waals surface area contributed by atoms with Gasteiger partial charge in [-0.15, -0.1) is 0 Å². The SMILES string of the molecule is O=C(Cn1nnn(-c2ccc(NC(=O)C(=O)c3c[nH]c4ccccc34)cc2)c1=O)NC1CC1. The molecule has 0 spiro atoms. The van der Waals surface area contributed by atoms with Gasteiger partial charge in [-0.25, -0.2) is 4.79 Å². The predicted octanol–water partition coefficient (Wildman–Crippen LogP) is 1.01. The molecule has 1 saturated carbocycles. The van der Waals surface area contributed by atoms with Gasteiger partial charge < -0.3 is 15.6 Å². The molecule has 166 valence electrons. The summed E-state index contributed by atoms with van der Waals surface area (Å²) in [7, 11) is 0. The van der Waals surface area contributed by atoms with Crippen molar-refractivity contribution in [3.05, 3.63) is 70.8 Å². The Hall–Kier alpha value is -4.54. The number of rotatable bonds is 7. The van der Waals surface area contributed by atoms with E-state index in [1.165, 1.54) is 6.20 Å². The first-order chi connectivity index (χ1) is 16.0. The van der Waals surface area contributed by atoms with Crippen molar-refractivity contribution in [3.63, 3.8) is 0 Å². The van der Waals surface area contributed by atoms with Gasteiger partial charge in [0, 0.05) is 28.8 Å². The van der Waals surface area contributed by atoms with Crippen molar-refractivity contribution in [1.29, 1.82) is 0 Å². The predicted molar refractivity (Wildman–Crippen MR) is 118 cm³/mol. The number of fused-ring (bicyclic) bond motifs is 1. The topological polar surface area (TPSA) is 144 Å². The number of tetrazole rings is 1. The Morgan fingerprint density at radius 3 is 2.55 bits per heavy atom. The van der Waals surface area contributed by atoms with Gasteiger partial charge in [0.05, 0.1) is 11.3 Å². The average molecular weight is 445 g/mol. The van der Waals surface area contributed by atoms with Crippen LogP contribution in [0, 0.1) is 0 Å². The molecule has 2 aromatic heterocycles. The summed E-state index contributed by atoms with van der Waals surface area (Å²) in [4.78, 5) is 52.4. The van der Waals surface area contributed by atoms with Crippen molar-refractivity contribution in [2.45, 2.75) is 25.4 Å². The Labute approximate surface area is 186 Å². The molecule has 11 nitrogen and oxygen atoms in total. The Kier molecular flexibility index (Phi) is 5.05. The summed E-state index contributed by atoms with van der Waals surface area (Å²) < 4.78 is 2.03. The summed E-state index contributed by atoms with van der Waals surface area (Å²) in [5.41, 5.74) is 1.26. The fourth-order valence-electron chi connectivity index (χ4n) is 3.43. The van der Waals surface area contributed by atoms with E-state index in [0.717, 1.165) is 27.7 Å². The standard InChI is InChI=1S/C22H19N7O4/c30-19(24-13-5-6-13)12-28-22(33)29(27-26-28)15-9-7-14(8-10-15)25-21(32)20(31)17-11-23-18-4-2-1-3-16(17)18/h1-4,7-11,13,23H,5-6,12H2,(H,24,30)(H,25,32). The first-order valence-electron chi connectivity index (χ1n) is 10.3. The van der Waals surface area contributed by atoms with Gasteiger partial charge >= 0.3 is 5.69 Å². The number of nitrogens with zero attached hydrogens (tertiary/aromatic N) is 4. The van der Waals surface area contributed by atoms with E-state index >= 15 is 0 Å². The first-order valence-corrected chi connectivity index (χ1v) is 10.3. The molecule has 1 aliphatic carbocycles. The first kappa shape index (κ1) is 20.4. The summed E-state index contributed by atoms with van der Waals surface area (Å²) in [6, 6.07) is 13.6. The number of aromatic nitrogens is 5. The van der Waals surface area contributed by atoms with Gasteiger partial charge in [0.25, 0.3) is 11.7 Å². The van der Waals surface area contributed by atoms with Crippen LogP contribution in [0.5, 0.6) is 0 Å². The number of anilines is 1. The number of hydrogen-bond donors (Lipinski definition) is 3. The summed E-state index contributed by atoms with van der Waals surface area (Å²) in [6.45, 7) is -0.209. The zero-order valence-corrected chi connectivity index (χ0v) is 17.3. The van der Waals surface area contributed by atoms with Crippen molar-refractivity contribution in [2.24, 2.45) is 0 Å². The Balaban J connectivity index is 1.27. The minimum absolute atomic E-state index is 0.189. The maximum absolute atomic E-state index is 12.6. The number of hydrogen-bond acceptors (Lipinski definition) is 6. The van der Waals surface area contributed by atoms with Crippen LogP contribution in [0.3, 0.4) is 0 Å². The number of para-hydroxylation sites is 1. The number of carbonyl (C=O) groups excluding carboxylic acids is 3. The second kappa shape index (κ2) is 8.19. The lowest BCUT2D eigenvalue weighted by atomic mass is 10.1. The van der Waals surface area contributed by atoms with Crippen LogP contribution < -0.4 is 16.3 Å². The Morgan fingerprint density at radius 1 is 1.03 bits per heavy atom. The maximum Gasteiger partial charge on any atom is 0.368 e. The molecule has 5 rings (SSSR count). The van der Waals surface area contributed by atoms with Gasteiger partial charge in [-0.05, 0) is 53.6 Å². The third kappa shape index (κ3) is 4.15. The Morgan fingerprint density at radius 2 is 1.79 bits per heavy atom. The molecule has 2 heterocycles. The van der Waals surface area contributed by atoms with Crippen molar-refractivity contribution in [3.8, 4) is 5.69 Å². The van der Waals surface area contributed by atoms with Gasteiger partial charge in [-0.2, -0.15) is 9.36 Å². The van der Waals surface area contributed by atoms with Gasteiger partial charge in [0.2, 0.25) is 5.91 Å². The molecule has 0 bridgehead atoms. The molecule has 0 saturated heterocycles. The minimum atomic E-state index is -0.780. The maximum atomic E-state index is 12.6. The highest BCUT2D eigenvalue weighted by atomic mass is 16.2. The van der Waals surface area contributed by atoms with Gasteiger partial charge in [-0.1, -0.05) is 18.2 Å². The number of nitrogens with one attached hydrogen (secondary N) is 3. The lowest BCUT2D eigenvalue weighted by Gasteiger charge is -2.05. The number of amides is 2. The Bertz CT molecular complexity index is 1430. The third-order valence-corrected chi connectivity index (χ3v) is 5.29. The van der Waals surface area contributed by atoms with E-state index in [-0.39, 0.29) is 24.1 Å². The number of ketones is 1. The zero-order chi connectivity index (χ0) is 22.9. The molecule has 0 atom stereocenters. The van der Waals surface area contributed by atoms with Crippen LogP contribution in [-0.2, 0) is 16.1 Å². The number of benzene rings is 2. The molecule has 0 unspecified atom stereocenters. The smallest absolute Gasteiger partial charge is 0.360 e. The molecule has 1 aliphatic rings. The number of aromatic amines is 1. The van der Waals surface area contributed by atoms with Gasteiger partial charge in [-0.3, -0.25) is 14.4 Å². The lowest BCUT2D eigenvalue weighted by Crippen LogP contribution is -2.34. The van der Waals surface area contributed by atoms with E-state index in [4.69, 9.17) is 0 Å². The molecular formula is C22H19N7O4. The minimum Gasteiger partial charge on any atom is -0.360 e. The van der Waals surface area contributed by atoms with Crippen LogP contribution >= 0.6 is 0 Å². The summed E-state index contributed by atoms with van der Waals surface area (Å²) in [6.07, 6.45) is 3.41. The van der Waals surface area contributed by atoms with E-state index < -0.39 is 17.4 Å². The van der Waals surface area contributed by atoms with Crippen molar-refractivity contribution < 1.29 is 14.4 Å². The molecule has 4 aromatic rings. The van der Waals surface area contributed by atoms with Crippen LogP contribution in [0.4, 0.5) is 5.69 Å². The van der Waals surface area contributed by atoms with Crippen LogP contribution in [0.15, 0.2) is 59.5 Å². The lowest BCUT2D eigenvalue weighted by molar-refractivity contribution is -0.122. The highest BCUT2D eigenvalue weighted by Gasteiger charge is 2.24. The van der Waals surface area contributed by atoms with Crippen LogP contribution in [0.1, 0.15) is 23.2 Å². The van der Waals surface area contributed by atoms with E-state index in [1.807, 2.05) is 12.1 Å². The fourth-order valence-corrected chi connectivity index (χ4v) is 3.43. The largest absolute Gasteiger partial charge is 0.368 e. The van der Waals surface area contributed by atoms with E-state index in [0.29, 0.717) is 16.8 Å². The highest BCUT2D eigenvalue weighted by Crippen LogP contribution is 2.19. The van der Waals surface area contributed by atoms with E-state index in [2.05, 4.69) is 26.0 Å². The molecule has 0 radical (unpaired) electrons. The number of carbonyl (C=O) groups is 3. The fraction of sp³-hybridized carbons (Fsp3) is 0.182. The van der Waals surface area contributed by atoms with Gasteiger partial charge in [0.15, 0.2) is 0 Å². The van der Waals surface area contributed by atoms with Crippen molar-refractivity contribution in [1.82, 2.24) is 30.1 Å². The molecular weight excluding hydrogens is 426 g/mol. The molecule has 11 heteroatoms. The van der Waals surface area contributed by atoms with Crippen molar-refractivity contribution in [2.75, 3.05) is 5.32 Å². The molecule has 1 fully saturated rings. The van der Waals surface area contributed by atoms with E-state index in [1.54, 1.807) is 36.4 Å². The molecule has 3 N–H and O–H groups in total. The highest BCUT2D eigenvalue weighted by molar-refractivity contribution is 6.48. The van der Waals surface area contributed by atoms with Crippen LogP contribution in [0.2, 0.25) is 0 Å². The monoisotopic (exact) mass is 445 g/mol. The third-order valence-electron chi connectivity index (χ3n) is 5.29. The van der Waals surface area contributed by atoms with Crippen LogP contribution in [-0.4, -0.2) is 48.4 Å². The van der Waals surface area contributed by atoms with Crippen LogP contribution in [0.25, 0.3) is 16.6 Å². The normalized spacial score (nSPS) is 13.1. The second-order valence-electron chi connectivity index (χ2n) is 7.75. The summed E-state index contributed by atoms with van der Waals surface area (Å²) >= 11 is 0. The molecule has 2 aromatic carbocycles. The molecule has 33 heavy (non-hydrogen) atoms. The van der Waals surface area contributed by atoms with Gasteiger partial charge in [0.1, 0.15) is 6.54 Å². The average Bonchev–Trinajstić information content (AvgIpc) is 3.41.